The molecule has 0 atom stereocenters. The summed E-state index contributed by atoms with van der Waals surface area (Å²) < 4.78 is 5.02. The molecule has 0 aromatic heterocycles. The van der Waals surface area contributed by atoms with Crippen LogP contribution in [-0.2, 0) is 4.79 Å². The van der Waals surface area contributed by atoms with Crippen molar-refractivity contribution < 1.29 is 14.6 Å². The molecule has 0 spiro atoms. The van der Waals surface area contributed by atoms with Crippen LogP contribution in [0.3, 0.4) is 0 Å². The lowest BCUT2D eigenvalue weighted by Crippen LogP contribution is -2.30. The molecule has 1 aliphatic rings. The molecule has 1 aromatic carbocycles. The highest BCUT2D eigenvalue weighted by molar-refractivity contribution is 7.80. The fourth-order valence-corrected chi connectivity index (χ4v) is 2.08. The third kappa shape index (κ3) is 2.65. The van der Waals surface area contributed by atoms with E-state index in [1.165, 1.54) is 18.1 Å². The quantitative estimate of drug-likeness (QED) is 0.501. The van der Waals surface area contributed by atoms with Gasteiger partial charge in [0.25, 0.3) is 5.91 Å². The number of benzene rings is 1. The van der Waals surface area contributed by atoms with Crippen LogP contribution in [0.2, 0.25) is 0 Å². The van der Waals surface area contributed by atoms with Gasteiger partial charge in [-0.15, -0.1) is 6.58 Å². The standard InChI is InChI=1S/C14H14N2O3S/c1-3-6-16-13(18)10(15-14(16)20)7-9-4-5-11(17)12(8-9)19-2/h3-5,7-8,17H,1,6H2,2H3,(H,15,20)/b10-7-. The number of carbonyl (C=O) groups is 1. The average molecular weight is 290 g/mol. The number of aromatic hydroxyl groups is 1. The second-order valence-corrected chi connectivity index (χ2v) is 4.51. The molecule has 2 rings (SSSR count). The second-order valence-electron chi connectivity index (χ2n) is 4.12. The van der Waals surface area contributed by atoms with Crippen LogP contribution in [0, 0.1) is 0 Å². The largest absolute Gasteiger partial charge is 0.504 e. The van der Waals surface area contributed by atoms with E-state index in [-0.39, 0.29) is 11.7 Å². The molecular weight excluding hydrogens is 276 g/mol. The van der Waals surface area contributed by atoms with Crippen molar-refractivity contribution in [1.29, 1.82) is 0 Å². The van der Waals surface area contributed by atoms with Crippen molar-refractivity contribution in [2.75, 3.05) is 13.7 Å². The summed E-state index contributed by atoms with van der Waals surface area (Å²) in [5.74, 6) is 0.182. The summed E-state index contributed by atoms with van der Waals surface area (Å²) in [7, 11) is 1.46. The SMILES string of the molecule is C=CCN1C(=O)/C(=C/c2ccc(O)c(OC)c2)NC1=S. The lowest BCUT2D eigenvalue weighted by Gasteiger charge is -2.09. The van der Waals surface area contributed by atoms with Crippen LogP contribution in [0.1, 0.15) is 5.56 Å². The topological polar surface area (TPSA) is 61.8 Å². The van der Waals surface area contributed by atoms with Crippen molar-refractivity contribution in [3.05, 3.63) is 42.1 Å². The molecule has 0 unspecified atom stereocenters. The van der Waals surface area contributed by atoms with E-state index in [0.29, 0.717) is 23.1 Å². The van der Waals surface area contributed by atoms with E-state index in [4.69, 9.17) is 17.0 Å². The molecule has 1 heterocycles. The van der Waals surface area contributed by atoms with Crippen LogP contribution in [0.5, 0.6) is 11.5 Å². The summed E-state index contributed by atoms with van der Waals surface area (Å²) in [5, 5.41) is 12.7. The molecule has 20 heavy (non-hydrogen) atoms. The van der Waals surface area contributed by atoms with Gasteiger partial charge in [0.1, 0.15) is 5.70 Å². The number of phenols is 1. The fourth-order valence-electron chi connectivity index (χ4n) is 1.82. The summed E-state index contributed by atoms with van der Waals surface area (Å²) in [5.41, 5.74) is 1.10. The molecule has 0 bridgehead atoms. The zero-order chi connectivity index (χ0) is 14.7. The maximum atomic E-state index is 12.1. The van der Waals surface area contributed by atoms with Crippen LogP contribution in [0.15, 0.2) is 36.6 Å². The Kier molecular flexibility index (Phi) is 4.05. The Bertz CT molecular complexity index is 610. The Hall–Kier alpha value is -2.34. The Labute approximate surface area is 122 Å². The van der Waals surface area contributed by atoms with E-state index >= 15 is 0 Å². The summed E-state index contributed by atoms with van der Waals surface area (Å²) in [6, 6.07) is 4.82. The predicted molar refractivity (Wildman–Crippen MR) is 80.3 cm³/mol. The van der Waals surface area contributed by atoms with Crippen molar-refractivity contribution in [3.8, 4) is 11.5 Å². The Morgan fingerprint density at radius 1 is 1.55 bits per heavy atom. The first-order chi connectivity index (χ1) is 9.56. The van der Waals surface area contributed by atoms with Gasteiger partial charge in [-0.05, 0) is 36.0 Å². The summed E-state index contributed by atoms with van der Waals surface area (Å²) >= 11 is 5.09. The number of methoxy groups -OCH3 is 1. The van der Waals surface area contributed by atoms with E-state index in [2.05, 4.69) is 11.9 Å². The highest BCUT2D eigenvalue weighted by atomic mass is 32.1. The molecule has 2 N–H and O–H groups in total. The van der Waals surface area contributed by atoms with Crippen LogP contribution in [0.4, 0.5) is 0 Å². The normalized spacial score (nSPS) is 16.4. The molecule has 1 aliphatic heterocycles. The summed E-state index contributed by atoms with van der Waals surface area (Å²) in [6.07, 6.45) is 3.26. The van der Waals surface area contributed by atoms with Gasteiger partial charge in [0.2, 0.25) is 0 Å². The van der Waals surface area contributed by atoms with E-state index in [1.807, 2.05) is 0 Å². The minimum atomic E-state index is -0.207. The zero-order valence-electron chi connectivity index (χ0n) is 10.9. The van der Waals surface area contributed by atoms with E-state index in [0.717, 1.165) is 5.56 Å². The highest BCUT2D eigenvalue weighted by Crippen LogP contribution is 2.27. The minimum Gasteiger partial charge on any atom is -0.504 e. The zero-order valence-corrected chi connectivity index (χ0v) is 11.7. The third-order valence-electron chi connectivity index (χ3n) is 2.79. The Balaban J connectivity index is 2.30. The maximum absolute atomic E-state index is 12.1. The molecule has 0 saturated carbocycles. The Morgan fingerprint density at radius 2 is 2.30 bits per heavy atom. The lowest BCUT2D eigenvalue weighted by molar-refractivity contribution is -0.122. The number of phenolic OH excluding ortho intramolecular Hbond substituents is 1. The number of nitrogens with one attached hydrogen (secondary N) is 1. The first kappa shape index (κ1) is 14.1. The van der Waals surface area contributed by atoms with Crippen molar-refractivity contribution in [3.63, 3.8) is 0 Å². The Morgan fingerprint density at radius 3 is 2.95 bits per heavy atom. The van der Waals surface area contributed by atoms with Crippen LogP contribution in [0.25, 0.3) is 6.08 Å². The molecule has 6 heteroatoms. The molecule has 0 radical (unpaired) electrons. The number of thiocarbonyl (C=S) groups is 1. The smallest absolute Gasteiger partial charge is 0.276 e. The lowest BCUT2D eigenvalue weighted by atomic mass is 10.1. The predicted octanol–water partition coefficient (Wildman–Crippen LogP) is 1.64. The van der Waals surface area contributed by atoms with Gasteiger partial charge in [0.05, 0.1) is 7.11 Å². The van der Waals surface area contributed by atoms with Crippen LogP contribution < -0.4 is 10.1 Å². The van der Waals surface area contributed by atoms with Gasteiger partial charge in [0.15, 0.2) is 16.6 Å². The maximum Gasteiger partial charge on any atom is 0.276 e. The minimum absolute atomic E-state index is 0.0455. The summed E-state index contributed by atoms with van der Waals surface area (Å²) in [4.78, 5) is 13.5. The van der Waals surface area contributed by atoms with Crippen LogP contribution in [-0.4, -0.2) is 34.7 Å². The van der Waals surface area contributed by atoms with Crippen molar-refractivity contribution in [2.45, 2.75) is 0 Å². The number of hydrogen-bond donors (Lipinski definition) is 2. The number of amides is 1. The van der Waals surface area contributed by atoms with E-state index < -0.39 is 0 Å². The van der Waals surface area contributed by atoms with Gasteiger partial charge in [-0.1, -0.05) is 12.1 Å². The van der Waals surface area contributed by atoms with Crippen molar-refractivity contribution >= 4 is 29.3 Å². The third-order valence-corrected chi connectivity index (χ3v) is 3.11. The number of nitrogens with zero attached hydrogens (tertiary/aromatic N) is 1. The van der Waals surface area contributed by atoms with E-state index in [9.17, 15) is 9.90 Å². The van der Waals surface area contributed by atoms with Gasteiger partial charge < -0.3 is 15.2 Å². The first-order valence-corrected chi connectivity index (χ1v) is 6.30. The van der Waals surface area contributed by atoms with Gasteiger partial charge in [-0.3, -0.25) is 9.69 Å². The molecule has 1 fully saturated rings. The first-order valence-electron chi connectivity index (χ1n) is 5.89. The number of rotatable bonds is 4. The molecular formula is C14H14N2O3S. The molecule has 1 saturated heterocycles. The number of ether oxygens (including phenoxy) is 1. The van der Waals surface area contributed by atoms with Gasteiger partial charge in [0, 0.05) is 6.54 Å². The monoisotopic (exact) mass is 290 g/mol. The van der Waals surface area contributed by atoms with Crippen molar-refractivity contribution in [2.24, 2.45) is 0 Å². The van der Waals surface area contributed by atoms with Gasteiger partial charge in [-0.2, -0.15) is 0 Å². The highest BCUT2D eigenvalue weighted by Gasteiger charge is 2.29. The molecule has 5 nitrogen and oxygen atoms in total. The molecule has 1 amide bonds. The van der Waals surface area contributed by atoms with Gasteiger partial charge in [-0.25, -0.2) is 0 Å². The van der Waals surface area contributed by atoms with E-state index in [1.54, 1.807) is 24.3 Å². The number of hydrogen-bond acceptors (Lipinski definition) is 4. The average Bonchev–Trinajstić information content (AvgIpc) is 2.69. The summed E-state index contributed by atoms with van der Waals surface area (Å²) in [6.45, 7) is 3.95. The molecule has 104 valence electrons. The second kappa shape index (κ2) is 5.75. The fraction of sp³-hybridized carbons (Fsp3) is 0.143. The van der Waals surface area contributed by atoms with Gasteiger partial charge >= 0.3 is 0 Å². The molecule has 0 aliphatic carbocycles. The molecule has 1 aromatic rings. The number of carbonyl (C=O) groups excluding carboxylic acids is 1. The van der Waals surface area contributed by atoms with Crippen molar-refractivity contribution in [1.82, 2.24) is 10.2 Å². The van der Waals surface area contributed by atoms with Crippen LogP contribution >= 0.6 is 12.2 Å².